The van der Waals surface area contributed by atoms with Gasteiger partial charge < -0.3 is 15.5 Å². The van der Waals surface area contributed by atoms with Crippen LogP contribution in [-0.2, 0) is 16.1 Å². The minimum Gasteiger partial charge on any atom is -0.335 e. The molecule has 0 spiro atoms. The van der Waals surface area contributed by atoms with E-state index in [1.807, 2.05) is 66.8 Å². The lowest BCUT2D eigenvalue weighted by atomic mass is 10.1. The Balaban J connectivity index is 1.72. The maximum atomic E-state index is 12.8. The van der Waals surface area contributed by atoms with Crippen LogP contribution in [0.3, 0.4) is 0 Å². The van der Waals surface area contributed by atoms with E-state index in [1.165, 1.54) is 5.56 Å². The number of carbonyl (C=O) groups is 2. The van der Waals surface area contributed by atoms with Gasteiger partial charge in [0.1, 0.15) is 6.54 Å². The highest BCUT2D eigenvalue weighted by Gasteiger charge is 2.29. The number of para-hydroxylation sites is 2. The van der Waals surface area contributed by atoms with Crippen LogP contribution >= 0.6 is 0 Å². The van der Waals surface area contributed by atoms with E-state index in [4.69, 9.17) is 0 Å². The van der Waals surface area contributed by atoms with Gasteiger partial charge in [0.15, 0.2) is 6.54 Å². The molecule has 1 atom stereocenters. The molecule has 124 valence electrons. The Morgan fingerprint density at radius 1 is 1.17 bits per heavy atom. The van der Waals surface area contributed by atoms with Gasteiger partial charge in [-0.2, -0.15) is 0 Å². The summed E-state index contributed by atoms with van der Waals surface area (Å²) in [4.78, 5) is 26.5. The summed E-state index contributed by atoms with van der Waals surface area (Å²) in [6.45, 7) is 3.02. The van der Waals surface area contributed by atoms with E-state index in [0.29, 0.717) is 18.7 Å². The number of hydrogen-bond acceptors (Lipinski definition) is 2. The molecule has 2 aromatic rings. The van der Waals surface area contributed by atoms with Gasteiger partial charge in [0.25, 0.3) is 5.91 Å². The summed E-state index contributed by atoms with van der Waals surface area (Å²) in [7, 11) is 0. The summed E-state index contributed by atoms with van der Waals surface area (Å²) in [5.74, 6) is -0.0408. The molecule has 3 N–H and O–H groups in total. The molecule has 3 rings (SSSR count). The number of fused-ring (bicyclic) bond motifs is 1. The zero-order chi connectivity index (χ0) is 16.9. The molecule has 0 fully saturated rings. The molecule has 0 radical (unpaired) electrons. The number of nitrogens with two attached hydrogens (primary N) is 1. The third kappa shape index (κ3) is 3.63. The van der Waals surface area contributed by atoms with Crippen molar-refractivity contribution in [2.75, 3.05) is 16.8 Å². The highest BCUT2D eigenvalue weighted by Crippen LogP contribution is 2.30. The van der Waals surface area contributed by atoms with E-state index < -0.39 is 0 Å². The standard InChI is InChI=1S/C19H21N3O2/c1-14-11-18(23)21-16-9-5-6-10-17(16)22(14)19(24)13-20-12-15-7-3-2-4-8-15/h2-10,14,20H,11-13H2,1H3,(H,21,23)/p+1/t14-/m1/s1. The smallest absolute Gasteiger partial charge is 0.282 e. The van der Waals surface area contributed by atoms with Gasteiger partial charge in [-0.25, -0.2) is 0 Å². The fourth-order valence-electron chi connectivity index (χ4n) is 3.04. The van der Waals surface area contributed by atoms with Crippen LogP contribution in [0.4, 0.5) is 11.4 Å². The fraction of sp³-hybridized carbons (Fsp3) is 0.263. The second-order valence-electron chi connectivity index (χ2n) is 6.06. The lowest BCUT2D eigenvalue weighted by molar-refractivity contribution is -0.659. The summed E-state index contributed by atoms with van der Waals surface area (Å²) < 4.78 is 0. The van der Waals surface area contributed by atoms with E-state index >= 15 is 0 Å². The first kappa shape index (κ1) is 16.2. The Labute approximate surface area is 141 Å². The van der Waals surface area contributed by atoms with Crippen molar-refractivity contribution in [2.45, 2.75) is 25.9 Å². The minimum atomic E-state index is -0.161. The molecule has 2 aromatic carbocycles. The van der Waals surface area contributed by atoms with E-state index in [2.05, 4.69) is 5.32 Å². The molecule has 0 bridgehead atoms. The number of nitrogens with one attached hydrogen (secondary N) is 1. The van der Waals surface area contributed by atoms with Crippen LogP contribution in [0.2, 0.25) is 0 Å². The van der Waals surface area contributed by atoms with Gasteiger partial charge in [-0.15, -0.1) is 0 Å². The van der Waals surface area contributed by atoms with E-state index in [-0.39, 0.29) is 17.9 Å². The maximum absolute atomic E-state index is 12.8. The molecule has 0 aliphatic carbocycles. The molecular formula is C19H22N3O2+. The number of benzene rings is 2. The first-order chi connectivity index (χ1) is 11.6. The molecule has 1 heterocycles. The summed E-state index contributed by atoms with van der Waals surface area (Å²) >= 11 is 0. The third-order valence-corrected chi connectivity index (χ3v) is 4.17. The van der Waals surface area contributed by atoms with Gasteiger partial charge in [-0.3, -0.25) is 9.59 Å². The molecule has 0 saturated carbocycles. The number of carbonyl (C=O) groups excluding carboxylic acids is 2. The molecule has 5 heteroatoms. The molecule has 0 aromatic heterocycles. The number of amides is 2. The summed E-state index contributed by atoms with van der Waals surface area (Å²) in [5, 5.41) is 4.87. The predicted octanol–water partition coefficient (Wildman–Crippen LogP) is 1.51. The van der Waals surface area contributed by atoms with Gasteiger partial charge in [0.05, 0.1) is 11.4 Å². The lowest BCUT2D eigenvalue weighted by Gasteiger charge is -2.27. The largest absolute Gasteiger partial charge is 0.335 e. The third-order valence-electron chi connectivity index (χ3n) is 4.17. The zero-order valence-electron chi connectivity index (χ0n) is 13.7. The Morgan fingerprint density at radius 2 is 1.88 bits per heavy atom. The van der Waals surface area contributed by atoms with Crippen LogP contribution in [0, 0.1) is 0 Å². The Kier molecular flexibility index (Phi) is 4.91. The molecule has 5 nitrogen and oxygen atoms in total. The molecule has 24 heavy (non-hydrogen) atoms. The SMILES string of the molecule is C[C@@H]1CC(=O)Nc2ccccc2N1C(=O)C[NH2+]Cc1ccccc1. The van der Waals surface area contributed by atoms with Crippen molar-refractivity contribution >= 4 is 23.2 Å². The van der Waals surface area contributed by atoms with Crippen molar-refractivity contribution in [3.05, 3.63) is 60.2 Å². The Hall–Kier alpha value is -2.66. The molecule has 1 aliphatic rings. The number of anilines is 2. The monoisotopic (exact) mass is 324 g/mol. The predicted molar refractivity (Wildman–Crippen MR) is 93.6 cm³/mol. The van der Waals surface area contributed by atoms with Crippen molar-refractivity contribution in [1.29, 1.82) is 0 Å². The number of hydrogen-bond donors (Lipinski definition) is 2. The lowest BCUT2D eigenvalue weighted by Crippen LogP contribution is -2.85. The highest BCUT2D eigenvalue weighted by molar-refractivity contribution is 6.04. The van der Waals surface area contributed by atoms with Gasteiger partial charge in [-0.1, -0.05) is 42.5 Å². The molecule has 1 aliphatic heterocycles. The first-order valence-electron chi connectivity index (χ1n) is 8.21. The fourth-order valence-corrected chi connectivity index (χ4v) is 3.04. The second kappa shape index (κ2) is 7.27. The normalized spacial score (nSPS) is 17.0. The molecule has 2 amide bonds. The quantitative estimate of drug-likeness (QED) is 0.895. The second-order valence-corrected chi connectivity index (χ2v) is 6.06. The molecule has 0 unspecified atom stereocenters. The van der Waals surface area contributed by atoms with Gasteiger partial charge in [-0.05, 0) is 19.1 Å². The number of quaternary nitrogens is 1. The van der Waals surface area contributed by atoms with Crippen molar-refractivity contribution in [3.8, 4) is 0 Å². The first-order valence-corrected chi connectivity index (χ1v) is 8.21. The number of rotatable bonds is 4. The average Bonchev–Trinajstić information content (AvgIpc) is 2.70. The van der Waals surface area contributed by atoms with Gasteiger partial charge in [0, 0.05) is 18.0 Å². The van der Waals surface area contributed by atoms with E-state index in [1.54, 1.807) is 4.90 Å². The van der Waals surface area contributed by atoms with Crippen molar-refractivity contribution in [1.82, 2.24) is 0 Å². The maximum Gasteiger partial charge on any atom is 0.282 e. The van der Waals surface area contributed by atoms with Crippen LogP contribution in [-0.4, -0.2) is 24.4 Å². The van der Waals surface area contributed by atoms with Crippen molar-refractivity contribution in [2.24, 2.45) is 0 Å². The summed E-state index contributed by atoms with van der Waals surface area (Å²) in [5.41, 5.74) is 2.66. The highest BCUT2D eigenvalue weighted by atomic mass is 16.2. The summed E-state index contributed by atoms with van der Waals surface area (Å²) in [6, 6.07) is 17.4. The zero-order valence-corrected chi connectivity index (χ0v) is 13.7. The van der Waals surface area contributed by atoms with E-state index in [9.17, 15) is 9.59 Å². The summed E-state index contributed by atoms with van der Waals surface area (Å²) in [6.07, 6.45) is 0.305. The molecular weight excluding hydrogens is 302 g/mol. The van der Waals surface area contributed by atoms with Crippen LogP contribution in [0.1, 0.15) is 18.9 Å². The van der Waals surface area contributed by atoms with Gasteiger partial charge >= 0.3 is 0 Å². The van der Waals surface area contributed by atoms with Crippen molar-refractivity contribution in [3.63, 3.8) is 0 Å². The van der Waals surface area contributed by atoms with Crippen LogP contribution in [0.5, 0.6) is 0 Å². The minimum absolute atomic E-state index is 0.0161. The Bertz CT molecular complexity index is 730. The average molecular weight is 324 g/mol. The Morgan fingerprint density at radius 3 is 2.67 bits per heavy atom. The van der Waals surface area contributed by atoms with Gasteiger partial charge in [0.2, 0.25) is 5.91 Å². The van der Waals surface area contributed by atoms with Crippen LogP contribution < -0.4 is 15.5 Å². The van der Waals surface area contributed by atoms with Crippen molar-refractivity contribution < 1.29 is 14.9 Å². The molecule has 0 saturated heterocycles. The van der Waals surface area contributed by atoms with Crippen LogP contribution in [0.25, 0.3) is 0 Å². The number of nitrogens with zero attached hydrogens (tertiary/aromatic N) is 1. The van der Waals surface area contributed by atoms with Crippen LogP contribution in [0.15, 0.2) is 54.6 Å². The topological polar surface area (TPSA) is 66.0 Å². The van der Waals surface area contributed by atoms with E-state index in [0.717, 1.165) is 12.2 Å².